The smallest absolute Gasteiger partial charge is 0.160 e. The molecule has 0 heterocycles. The first kappa shape index (κ1) is 17.8. The molecule has 0 fully saturated rings. The normalized spacial score (nSPS) is 14.2. The first-order chi connectivity index (χ1) is 8.99. The lowest BCUT2D eigenvalue weighted by Gasteiger charge is -2.54. The highest BCUT2D eigenvalue weighted by Crippen LogP contribution is 2.59. The predicted molar refractivity (Wildman–Crippen MR) is 95.4 cm³/mol. The van der Waals surface area contributed by atoms with Crippen LogP contribution in [0.25, 0.3) is 0 Å². The molecule has 0 saturated heterocycles. The van der Waals surface area contributed by atoms with Gasteiger partial charge in [-0.3, -0.25) is 0 Å². The van der Waals surface area contributed by atoms with Crippen LogP contribution in [0.15, 0.2) is 30.3 Å². The van der Waals surface area contributed by atoms with Gasteiger partial charge >= 0.3 is 0 Å². The molecule has 0 aliphatic heterocycles. The Kier molecular flexibility index (Phi) is 5.20. The fourth-order valence-electron chi connectivity index (χ4n) is 3.04. The summed E-state index contributed by atoms with van der Waals surface area (Å²) < 4.78 is 0. The van der Waals surface area contributed by atoms with Gasteiger partial charge in [-0.1, -0.05) is 85.7 Å². The Labute approximate surface area is 131 Å². The Hall–Kier alpha value is -0.273. The van der Waals surface area contributed by atoms with Crippen LogP contribution in [0.4, 0.5) is 0 Å². The van der Waals surface area contributed by atoms with Gasteiger partial charge in [0.2, 0.25) is 0 Å². The van der Waals surface area contributed by atoms with E-state index in [0.717, 1.165) is 0 Å². The Morgan fingerprint density at radius 2 is 1.15 bits per heavy atom. The Morgan fingerprint density at radius 1 is 0.800 bits per heavy atom. The summed E-state index contributed by atoms with van der Waals surface area (Å²) in [5.74, 6) is 1.12. The third-order valence-electron chi connectivity index (χ3n) is 5.83. The minimum atomic E-state index is -2.23. The van der Waals surface area contributed by atoms with Gasteiger partial charge in [-0.15, -0.1) is 0 Å². The van der Waals surface area contributed by atoms with E-state index in [0.29, 0.717) is 11.8 Å². The van der Waals surface area contributed by atoms with E-state index >= 15 is 0 Å². The molecule has 0 atom stereocenters. The van der Waals surface area contributed by atoms with Crippen LogP contribution in [-0.4, -0.2) is 7.38 Å². The van der Waals surface area contributed by atoms with E-state index < -0.39 is 7.38 Å². The maximum atomic E-state index is 7.58. The molecule has 0 nitrogen and oxygen atoms in total. The molecule has 0 radical (unpaired) electrons. The molecule has 1 aromatic rings. The minimum absolute atomic E-state index is 0.129. The summed E-state index contributed by atoms with van der Waals surface area (Å²) in [6.07, 6.45) is 0. The molecule has 0 aliphatic carbocycles. The third kappa shape index (κ3) is 2.59. The molecule has 20 heavy (non-hydrogen) atoms. The number of rotatable bonds is 5. The highest BCUT2D eigenvalue weighted by molar-refractivity contribution is 7.30. The predicted octanol–water partition coefficient (Wildman–Crippen LogP) is 5.95. The fraction of sp³-hybridized carbons (Fsp3) is 0.667. The average Bonchev–Trinajstić information content (AvgIpc) is 2.37. The summed E-state index contributed by atoms with van der Waals surface area (Å²) in [5.41, 5.74) is 0. The lowest BCUT2D eigenvalue weighted by atomic mass is 9.97. The second-order valence-corrected chi connectivity index (χ2v) is 13.9. The first-order valence-electron chi connectivity index (χ1n) is 7.74. The molecule has 114 valence electrons. The summed E-state index contributed by atoms with van der Waals surface area (Å²) in [6.45, 7) is 18.7. The van der Waals surface area contributed by atoms with E-state index in [-0.39, 0.29) is 10.1 Å². The van der Waals surface area contributed by atoms with Crippen LogP contribution in [0.2, 0.25) is 10.1 Å². The molecule has 1 aromatic carbocycles. The SMILES string of the molecule is CC(C)C(C)(C)[Si](Cl)(c1ccccc1)C(C)(C)C(C)C. The third-order valence-corrected chi connectivity index (χ3v) is 15.2. The second-order valence-electron chi connectivity index (χ2n) is 7.78. The molecule has 0 bridgehead atoms. The van der Waals surface area contributed by atoms with Crippen LogP contribution in [0, 0.1) is 11.8 Å². The molecule has 0 unspecified atom stereocenters. The quantitative estimate of drug-likeness (QED) is 0.465. The van der Waals surface area contributed by atoms with E-state index in [9.17, 15) is 0 Å². The zero-order valence-corrected chi connectivity index (χ0v) is 16.2. The van der Waals surface area contributed by atoms with Crippen molar-refractivity contribution in [3.8, 4) is 0 Å². The van der Waals surface area contributed by atoms with Crippen LogP contribution in [0.5, 0.6) is 0 Å². The summed E-state index contributed by atoms with van der Waals surface area (Å²) in [7, 11) is -2.23. The van der Waals surface area contributed by atoms with Gasteiger partial charge in [0, 0.05) is 0 Å². The standard InChI is InChI=1S/C18H31ClSi/c1-14(2)17(5,6)20(19,18(7,8)15(3)4)16-12-10-9-11-13-16/h9-15H,1-8H3. The van der Waals surface area contributed by atoms with Crippen LogP contribution in [0.1, 0.15) is 55.4 Å². The van der Waals surface area contributed by atoms with Crippen molar-refractivity contribution in [1.29, 1.82) is 0 Å². The fourth-order valence-corrected chi connectivity index (χ4v) is 10.1. The number of halogens is 1. The van der Waals surface area contributed by atoms with Crippen molar-refractivity contribution in [1.82, 2.24) is 0 Å². The monoisotopic (exact) mass is 310 g/mol. The van der Waals surface area contributed by atoms with Crippen LogP contribution in [0.3, 0.4) is 0 Å². The zero-order valence-electron chi connectivity index (χ0n) is 14.4. The van der Waals surface area contributed by atoms with Gasteiger partial charge in [0.05, 0.1) is 0 Å². The van der Waals surface area contributed by atoms with Gasteiger partial charge in [-0.2, -0.15) is 11.1 Å². The molecule has 0 saturated carbocycles. The molecular formula is C18H31ClSi. The van der Waals surface area contributed by atoms with E-state index in [1.165, 1.54) is 5.19 Å². The first-order valence-corrected chi connectivity index (χ1v) is 10.7. The van der Waals surface area contributed by atoms with E-state index in [1.807, 2.05) is 0 Å². The molecule has 1 rings (SSSR count). The highest BCUT2D eigenvalue weighted by Gasteiger charge is 2.59. The van der Waals surface area contributed by atoms with Crippen molar-refractivity contribution in [3.63, 3.8) is 0 Å². The van der Waals surface area contributed by atoms with E-state index in [1.54, 1.807) is 0 Å². The summed E-state index contributed by atoms with van der Waals surface area (Å²) in [6, 6.07) is 10.8. The molecule has 0 spiro atoms. The number of benzene rings is 1. The van der Waals surface area contributed by atoms with Crippen molar-refractivity contribution in [2.24, 2.45) is 11.8 Å². The minimum Gasteiger partial charge on any atom is -0.160 e. The van der Waals surface area contributed by atoms with Crippen molar-refractivity contribution < 1.29 is 0 Å². The summed E-state index contributed by atoms with van der Waals surface area (Å²) in [5, 5.41) is 1.63. The highest BCUT2D eigenvalue weighted by atomic mass is 35.6. The van der Waals surface area contributed by atoms with Crippen LogP contribution < -0.4 is 5.19 Å². The lowest BCUT2D eigenvalue weighted by Crippen LogP contribution is -2.61. The van der Waals surface area contributed by atoms with Crippen LogP contribution >= 0.6 is 11.1 Å². The molecule has 0 amide bonds. The largest absolute Gasteiger partial charge is 0.198 e. The van der Waals surface area contributed by atoms with E-state index in [4.69, 9.17) is 11.1 Å². The molecular weight excluding hydrogens is 280 g/mol. The lowest BCUT2D eigenvalue weighted by molar-refractivity contribution is 0.403. The van der Waals surface area contributed by atoms with Crippen molar-refractivity contribution >= 4 is 23.6 Å². The van der Waals surface area contributed by atoms with Gasteiger partial charge in [-0.05, 0) is 27.1 Å². The van der Waals surface area contributed by atoms with Gasteiger partial charge in [-0.25, -0.2) is 0 Å². The van der Waals surface area contributed by atoms with Gasteiger partial charge in [0.15, 0.2) is 7.38 Å². The van der Waals surface area contributed by atoms with Gasteiger partial charge in [0.25, 0.3) is 0 Å². The average molecular weight is 311 g/mol. The molecule has 0 aromatic heterocycles. The topological polar surface area (TPSA) is 0 Å². The zero-order chi connectivity index (χ0) is 15.8. The number of hydrogen-bond acceptors (Lipinski definition) is 0. The Bertz CT molecular complexity index is 412. The second kappa shape index (κ2) is 5.85. The van der Waals surface area contributed by atoms with Crippen molar-refractivity contribution in [3.05, 3.63) is 30.3 Å². The van der Waals surface area contributed by atoms with Gasteiger partial charge in [0.1, 0.15) is 0 Å². The van der Waals surface area contributed by atoms with Crippen molar-refractivity contribution in [2.75, 3.05) is 0 Å². The summed E-state index contributed by atoms with van der Waals surface area (Å²) >= 11 is 7.58. The Morgan fingerprint density at radius 3 is 1.45 bits per heavy atom. The van der Waals surface area contributed by atoms with E-state index in [2.05, 4.69) is 85.7 Å². The summed E-state index contributed by atoms with van der Waals surface area (Å²) in [4.78, 5) is 0. The van der Waals surface area contributed by atoms with Gasteiger partial charge < -0.3 is 0 Å². The molecule has 0 aliphatic rings. The molecule has 2 heteroatoms. The van der Waals surface area contributed by atoms with Crippen LogP contribution in [-0.2, 0) is 0 Å². The Balaban J connectivity index is 3.59. The van der Waals surface area contributed by atoms with Crippen molar-refractivity contribution in [2.45, 2.75) is 65.5 Å². The molecule has 0 N–H and O–H groups in total. The maximum Gasteiger partial charge on any atom is 0.198 e. The number of hydrogen-bond donors (Lipinski definition) is 0. The maximum absolute atomic E-state index is 7.58.